The van der Waals surface area contributed by atoms with Gasteiger partial charge in [0.25, 0.3) is 0 Å². The number of nitrogens with one attached hydrogen (secondary N) is 1. The first-order valence-corrected chi connectivity index (χ1v) is 12.6. The summed E-state index contributed by atoms with van der Waals surface area (Å²) in [5.41, 5.74) is 9.61. The van der Waals surface area contributed by atoms with Crippen LogP contribution >= 0.6 is 0 Å². The molecule has 1 aliphatic heterocycles. The molecule has 0 saturated carbocycles. The number of piperidine rings is 1. The summed E-state index contributed by atoms with van der Waals surface area (Å²) in [5.74, 6) is -0.740. The van der Waals surface area contributed by atoms with Crippen LogP contribution in [0, 0.1) is 41.6 Å². The quantitative estimate of drug-likeness (QED) is 0.239. The fourth-order valence-corrected chi connectivity index (χ4v) is 3.57. The highest BCUT2D eigenvalue weighted by atomic mass is 19.2. The molecule has 1 fully saturated rings. The van der Waals surface area contributed by atoms with Crippen molar-refractivity contribution in [3.63, 3.8) is 0 Å². The maximum Gasteiger partial charge on any atom is 0.159 e. The van der Waals surface area contributed by atoms with E-state index in [9.17, 15) is 13.2 Å². The van der Waals surface area contributed by atoms with Crippen molar-refractivity contribution in [2.75, 3.05) is 18.8 Å². The van der Waals surface area contributed by atoms with Crippen molar-refractivity contribution < 1.29 is 13.2 Å². The minimum Gasteiger partial charge on any atom is -0.398 e. The first-order chi connectivity index (χ1) is 17.2. The number of halogens is 3. The van der Waals surface area contributed by atoms with Crippen molar-refractivity contribution in [1.82, 2.24) is 4.90 Å². The third kappa shape index (κ3) is 11.1. The zero-order chi connectivity index (χ0) is 28.3. The van der Waals surface area contributed by atoms with Gasteiger partial charge >= 0.3 is 0 Å². The Morgan fingerprint density at radius 3 is 2.05 bits per heavy atom. The molecule has 37 heavy (non-hydrogen) atoms. The Balaban J connectivity index is 0.000000360. The predicted octanol–water partition coefficient (Wildman–Crippen LogP) is 8.55. The molecule has 3 rings (SSSR count). The fourth-order valence-electron chi connectivity index (χ4n) is 3.57. The summed E-state index contributed by atoms with van der Waals surface area (Å²) in [4.78, 5) is 2.36. The van der Waals surface area contributed by atoms with Gasteiger partial charge in [-0.15, -0.1) is 0 Å². The molecule has 0 amide bonds. The van der Waals surface area contributed by atoms with Gasteiger partial charge in [-0.3, -0.25) is 0 Å². The molecular weight excluding hydrogens is 471 g/mol. The van der Waals surface area contributed by atoms with Crippen molar-refractivity contribution in [3.05, 3.63) is 95.0 Å². The van der Waals surface area contributed by atoms with E-state index in [0.29, 0.717) is 16.7 Å². The van der Waals surface area contributed by atoms with Gasteiger partial charge in [0.15, 0.2) is 11.6 Å². The number of nitrogens with two attached hydrogens (primary N) is 1. The lowest BCUT2D eigenvalue weighted by molar-refractivity contribution is 0.247. The van der Waals surface area contributed by atoms with E-state index in [-0.39, 0.29) is 11.4 Å². The Hall–Kier alpha value is -3.28. The second kappa shape index (κ2) is 15.1. The summed E-state index contributed by atoms with van der Waals surface area (Å²) in [6.07, 6.45) is 5.36. The molecule has 0 radical (unpaired) electrons. The molecule has 1 heterocycles. The van der Waals surface area contributed by atoms with Gasteiger partial charge in [0.2, 0.25) is 0 Å². The summed E-state index contributed by atoms with van der Waals surface area (Å²) in [6.45, 7) is 22.6. The largest absolute Gasteiger partial charge is 0.398 e. The number of hydrogen-bond acceptors (Lipinski definition) is 3. The van der Waals surface area contributed by atoms with Crippen LogP contribution in [0.3, 0.4) is 0 Å². The molecule has 1 saturated heterocycles. The number of likely N-dealkylation sites (tertiary alicyclic amines) is 1. The maximum absolute atomic E-state index is 13.3. The lowest BCUT2D eigenvalue weighted by Gasteiger charge is -2.33. The number of aryl methyl sites for hydroxylation is 1. The van der Waals surface area contributed by atoms with E-state index in [1.54, 1.807) is 6.92 Å². The van der Waals surface area contributed by atoms with E-state index < -0.39 is 17.5 Å². The van der Waals surface area contributed by atoms with Crippen molar-refractivity contribution >= 4 is 17.5 Å². The molecule has 2 aromatic rings. The zero-order valence-electron chi connectivity index (χ0n) is 23.1. The average Bonchev–Trinajstić information content (AvgIpc) is 2.82. The molecule has 3 N–H and O–H groups in total. The lowest BCUT2D eigenvalue weighted by Crippen LogP contribution is -2.32. The average molecular weight is 514 g/mol. The lowest BCUT2D eigenvalue weighted by atomic mass is 9.91. The molecule has 0 spiro atoms. The van der Waals surface area contributed by atoms with Gasteiger partial charge in [0.1, 0.15) is 5.82 Å². The second-order valence-corrected chi connectivity index (χ2v) is 10.2. The van der Waals surface area contributed by atoms with Gasteiger partial charge in [-0.1, -0.05) is 51.6 Å². The van der Waals surface area contributed by atoms with Crippen LogP contribution in [0.15, 0.2) is 60.8 Å². The van der Waals surface area contributed by atoms with E-state index in [1.165, 1.54) is 48.4 Å². The summed E-state index contributed by atoms with van der Waals surface area (Å²) >= 11 is 0. The van der Waals surface area contributed by atoms with Crippen molar-refractivity contribution in [1.29, 1.82) is 5.41 Å². The highest BCUT2D eigenvalue weighted by Gasteiger charge is 2.18. The van der Waals surface area contributed by atoms with Crippen LogP contribution in [0.4, 0.5) is 18.9 Å². The number of hydrogen-bond donors (Lipinski definition) is 2. The van der Waals surface area contributed by atoms with Gasteiger partial charge in [-0.25, -0.2) is 13.2 Å². The Morgan fingerprint density at radius 1 is 1.00 bits per heavy atom. The fraction of sp³-hybridized carbons (Fsp3) is 0.387. The van der Waals surface area contributed by atoms with Gasteiger partial charge in [0.05, 0.1) is 5.71 Å². The SMILES string of the molecule is C=C(C)C1CCN(C(=C)C)CC1.CC(C)C.Cc1cc(C(=N)/C=C/c2ccc(F)c(F)c2)c(N)cc1F. The first-order valence-electron chi connectivity index (χ1n) is 12.6. The van der Waals surface area contributed by atoms with Crippen LogP contribution in [-0.4, -0.2) is 23.7 Å². The molecule has 0 atom stereocenters. The van der Waals surface area contributed by atoms with E-state index >= 15 is 0 Å². The zero-order valence-corrected chi connectivity index (χ0v) is 23.1. The third-order valence-electron chi connectivity index (χ3n) is 5.74. The maximum atomic E-state index is 13.3. The highest BCUT2D eigenvalue weighted by Crippen LogP contribution is 2.24. The van der Waals surface area contributed by atoms with Crippen LogP contribution < -0.4 is 5.73 Å². The van der Waals surface area contributed by atoms with E-state index in [4.69, 9.17) is 11.1 Å². The first kappa shape index (κ1) is 31.7. The molecule has 3 nitrogen and oxygen atoms in total. The number of nitrogen functional groups attached to an aromatic ring is 1. The Morgan fingerprint density at radius 2 is 1.57 bits per heavy atom. The minimum absolute atomic E-state index is 0.0559. The predicted molar refractivity (Wildman–Crippen MR) is 152 cm³/mol. The van der Waals surface area contributed by atoms with Crippen molar-refractivity contribution in [2.24, 2.45) is 11.8 Å². The van der Waals surface area contributed by atoms with Crippen molar-refractivity contribution in [2.45, 2.75) is 54.4 Å². The number of anilines is 1. The van der Waals surface area contributed by atoms with Crippen LogP contribution in [0.2, 0.25) is 0 Å². The van der Waals surface area contributed by atoms with Crippen LogP contribution in [0.1, 0.15) is 64.2 Å². The van der Waals surface area contributed by atoms with Gasteiger partial charge in [0, 0.05) is 30.0 Å². The summed E-state index contributed by atoms with van der Waals surface area (Å²) < 4.78 is 39.2. The van der Waals surface area contributed by atoms with Crippen LogP contribution in [0.5, 0.6) is 0 Å². The van der Waals surface area contributed by atoms with E-state index in [1.807, 2.05) is 0 Å². The summed E-state index contributed by atoms with van der Waals surface area (Å²) in [6, 6.07) is 6.06. The molecule has 0 unspecified atom stereocenters. The van der Waals surface area contributed by atoms with E-state index in [2.05, 4.69) is 52.7 Å². The number of benzene rings is 2. The molecule has 6 heteroatoms. The molecule has 202 valence electrons. The van der Waals surface area contributed by atoms with Gasteiger partial charge in [-0.2, -0.15) is 0 Å². The third-order valence-corrected chi connectivity index (χ3v) is 5.74. The normalized spacial score (nSPS) is 13.5. The molecule has 1 aliphatic rings. The molecule has 0 aliphatic carbocycles. The molecule has 0 bridgehead atoms. The minimum atomic E-state index is -0.958. The topological polar surface area (TPSA) is 53.1 Å². The summed E-state index contributed by atoms with van der Waals surface area (Å²) in [7, 11) is 0. The van der Waals surface area contributed by atoms with E-state index in [0.717, 1.165) is 43.1 Å². The molecular formula is C31H42F3N3. The van der Waals surface area contributed by atoms with Crippen molar-refractivity contribution in [3.8, 4) is 0 Å². The van der Waals surface area contributed by atoms with Gasteiger partial charge in [-0.05, 0) is 86.9 Å². The smallest absolute Gasteiger partial charge is 0.159 e. The number of rotatable bonds is 5. The monoisotopic (exact) mass is 513 g/mol. The standard InChI is InChI=1S/C16H13F3N2.C11H19N.C4H10/c1-9-6-11(16(21)8-13(9)18)15(20)5-3-10-2-4-12(17)14(19)7-10;1-9(2)11-5-7-12(8-6-11)10(3)4;1-4(2)3/h2-8,20H,21H2,1H3;11H,1,3,5-8H2,2,4H3;4H,1-3H3/b5-3+,20-15?;;. The van der Waals surface area contributed by atoms with Crippen LogP contribution in [0.25, 0.3) is 6.08 Å². The Kier molecular flexibility index (Phi) is 12.9. The Bertz CT molecular complexity index is 1090. The number of nitrogens with zero attached hydrogens (tertiary/aromatic N) is 1. The van der Waals surface area contributed by atoms with Gasteiger partial charge < -0.3 is 16.0 Å². The number of allylic oxidation sites excluding steroid dienone is 3. The van der Waals surface area contributed by atoms with Crippen LogP contribution in [-0.2, 0) is 0 Å². The molecule has 0 aromatic heterocycles. The second-order valence-electron chi connectivity index (χ2n) is 10.2. The summed E-state index contributed by atoms with van der Waals surface area (Å²) in [5, 5.41) is 7.93. The highest BCUT2D eigenvalue weighted by molar-refractivity contribution is 6.11. The molecule has 2 aromatic carbocycles. The Labute approximate surface area is 221 Å².